The minimum atomic E-state index is -0.306. The van der Waals surface area contributed by atoms with Gasteiger partial charge in [-0.2, -0.15) is 0 Å². The lowest BCUT2D eigenvalue weighted by atomic mass is 10.1. The summed E-state index contributed by atoms with van der Waals surface area (Å²) in [4.78, 5) is 40.1. The van der Waals surface area contributed by atoms with Crippen molar-refractivity contribution < 1.29 is 14.4 Å². The molecule has 1 aromatic heterocycles. The molecule has 0 bridgehead atoms. The number of carbonyl (C=O) groups excluding carboxylic acids is 3. The fourth-order valence-electron chi connectivity index (χ4n) is 3.46. The molecule has 9 heteroatoms. The number of hydrogen-bond acceptors (Lipinski definition) is 6. The highest BCUT2D eigenvalue weighted by molar-refractivity contribution is 7.21. The Morgan fingerprint density at radius 3 is 2.55 bits per heavy atom. The third kappa shape index (κ3) is 5.21. The van der Waals surface area contributed by atoms with E-state index in [0.29, 0.717) is 41.4 Å². The predicted octanol–water partition coefficient (Wildman–Crippen LogP) is 3.37. The van der Waals surface area contributed by atoms with Crippen molar-refractivity contribution >= 4 is 56.2 Å². The Hall–Kier alpha value is -3.69. The van der Waals surface area contributed by atoms with Crippen LogP contribution >= 0.6 is 11.3 Å². The summed E-state index contributed by atoms with van der Waals surface area (Å²) >= 11 is 1.40. The highest BCUT2D eigenvalue weighted by Crippen LogP contribution is 2.37. The summed E-state index contributed by atoms with van der Waals surface area (Å²) in [5, 5.41) is 12.7. The number of hydrogen-bond donors (Lipinski definition) is 4. The van der Waals surface area contributed by atoms with Gasteiger partial charge in [-0.1, -0.05) is 18.2 Å². The molecule has 8 nitrogen and oxygen atoms in total. The maximum absolute atomic E-state index is 13.0. The number of para-hydroxylation sites is 2. The molecule has 2 aromatic carbocycles. The van der Waals surface area contributed by atoms with Gasteiger partial charge in [0.2, 0.25) is 5.91 Å². The van der Waals surface area contributed by atoms with Crippen molar-refractivity contribution in [2.24, 2.45) is 0 Å². The first-order valence-corrected chi connectivity index (χ1v) is 11.4. The molecule has 4 N–H and O–H groups in total. The number of nitrogens with one attached hydrogen (secondary N) is 4. The summed E-state index contributed by atoms with van der Waals surface area (Å²) in [6, 6.07) is 12.4. The normalized spacial score (nSPS) is 13.4. The van der Waals surface area contributed by atoms with Crippen molar-refractivity contribution in [2.75, 3.05) is 49.7 Å². The van der Waals surface area contributed by atoms with Crippen LogP contribution in [0.5, 0.6) is 0 Å². The molecule has 33 heavy (non-hydrogen) atoms. The molecule has 1 aliphatic rings. The zero-order valence-electron chi connectivity index (χ0n) is 18.4. The number of carbonyl (C=O) groups is 3. The van der Waals surface area contributed by atoms with E-state index in [1.165, 1.54) is 17.4 Å². The van der Waals surface area contributed by atoms with Crippen molar-refractivity contribution in [3.63, 3.8) is 0 Å². The molecule has 170 valence electrons. The highest BCUT2D eigenvalue weighted by atomic mass is 32.1. The van der Waals surface area contributed by atoms with Gasteiger partial charge in [0.25, 0.3) is 11.8 Å². The predicted molar refractivity (Wildman–Crippen MR) is 133 cm³/mol. The van der Waals surface area contributed by atoms with Crippen molar-refractivity contribution in [3.8, 4) is 0 Å². The molecule has 0 saturated carbocycles. The van der Waals surface area contributed by atoms with Gasteiger partial charge in [-0.05, 0) is 44.4 Å². The summed E-state index contributed by atoms with van der Waals surface area (Å²) < 4.78 is 0.929. The Bertz CT molecular complexity index is 1250. The molecule has 0 spiro atoms. The second-order valence-corrected chi connectivity index (χ2v) is 8.91. The maximum Gasteiger partial charge on any atom is 0.263 e. The number of amides is 3. The molecule has 0 radical (unpaired) electrons. The van der Waals surface area contributed by atoms with Crippen LogP contribution in [-0.4, -0.2) is 56.4 Å². The maximum atomic E-state index is 13.0. The van der Waals surface area contributed by atoms with Crippen molar-refractivity contribution in [2.45, 2.75) is 0 Å². The van der Waals surface area contributed by atoms with Crippen LogP contribution in [-0.2, 0) is 4.79 Å². The minimum absolute atomic E-state index is 0.105. The first-order valence-electron chi connectivity index (χ1n) is 10.5. The standard InChI is InChI=1S/C24H25N5O3S/c1-29(2)13-5-8-20(30)27-17-6-3-4-7-18(17)28-23(31)15-9-10-19-16(14-15)21-22(33-19)24(32)26-12-11-25-21/h3-10,14,25H,11-13H2,1-2H3,(H,26,32)(H,27,30)(H,28,31)/b8-5+. The van der Waals surface area contributed by atoms with Gasteiger partial charge in [0.1, 0.15) is 4.88 Å². The first-order chi connectivity index (χ1) is 15.9. The van der Waals surface area contributed by atoms with Gasteiger partial charge < -0.3 is 26.2 Å². The van der Waals surface area contributed by atoms with Gasteiger partial charge in [0, 0.05) is 41.4 Å². The summed E-state index contributed by atoms with van der Waals surface area (Å²) in [7, 11) is 3.84. The van der Waals surface area contributed by atoms with E-state index in [2.05, 4.69) is 21.3 Å². The third-order valence-corrected chi connectivity index (χ3v) is 6.21. The molecular weight excluding hydrogens is 438 g/mol. The number of thiophene rings is 1. The van der Waals surface area contributed by atoms with Crippen molar-refractivity contribution in [3.05, 3.63) is 65.1 Å². The lowest BCUT2D eigenvalue weighted by Crippen LogP contribution is -2.24. The Balaban J connectivity index is 1.54. The molecule has 3 amide bonds. The summed E-state index contributed by atoms with van der Waals surface area (Å²) in [6.45, 7) is 1.82. The lowest BCUT2D eigenvalue weighted by molar-refractivity contribution is -0.111. The van der Waals surface area contributed by atoms with Crippen LogP contribution in [0.3, 0.4) is 0 Å². The minimum Gasteiger partial charge on any atom is -0.381 e. The number of likely N-dealkylation sites (N-methyl/N-ethyl adjacent to an activating group) is 1. The van der Waals surface area contributed by atoms with Gasteiger partial charge in [-0.25, -0.2) is 0 Å². The van der Waals surface area contributed by atoms with Crippen LogP contribution in [0, 0.1) is 0 Å². The van der Waals surface area contributed by atoms with Gasteiger partial charge in [-0.3, -0.25) is 14.4 Å². The smallest absolute Gasteiger partial charge is 0.263 e. The lowest BCUT2D eigenvalue weighted by Gasteiger charge is -2.12. The second-order valence-electron chi connectivity index (χ2n) is 7.85. The van der Waals surface area contributed by atoms with E-state index in [0.717, 1.165) is 15.8 Å². The fourth-order valence-corrected chi connectivity index (χ4v) is 4.53. The molecular formula is C24H25N5O3S. The van der Waals surface area contributed by atoms with Crippen LogP contribution in [0.1, 0.15) is 20.0 Å². The number of nitrogens with zero attached hydrogens (tertiary/aromatic N) is 1. The van der Waals surface area contributed by atoms with E-state index in [9.17, 15) is 14.4 Å². The zero-order chi connectivity index (χ0) is 23.4. The number of benzene rings is 2. The molecule has 0 saturated heterocycles. The van der Waals surface area contributed by atoms with E-state index in [-0.39, 0.29) is 17.7 Å². The molecule has 0 aliphatic carbocycles. The molecule has 2 heterocycles. The van der Waals surface area contributed by atoms with Crippen molar-refractivity contribution in [1.29, 1.82) is 0 Å². The summed E-state index contributed by atoms with van der Waals surface area (Å²) in [5.74, 6) is -0.684. The fraction of sp³-hybridized carbons (Fsp3) is 0.208. The third-order valence-electron chi connectivity index (χ3n) is 5.04. The number of fused-ring (bicyclic) bond motifs is 3. The van der Waals surface area contributed by atoms with E-state index in [4.69, 9.17) is 0 Å². The van der Waals surface area contributed by atoms with E-state index in [1.807, 2.05) is 25.1 Å². The first kappa shape index (κ1) is 22.5. The van der Waals surface area contributed by atoms with Crippen LogP contribution in [0.25, 0.3) is 10.1 Å². The van der Waals surface area contributed by atoms with E-state index >= 15 is 0 Å². The van der Waals surface area contributed by atoms with Crippen LogP contribution in [0.4, 0.5) is 17.1 Å². The van der Waals surface area contributed by atoms with Gasteiger partial charge in [0.05, 0.1) is 17.1 Å². The van der Waals surface area contributed by atoms with Gasteiger partial charge in [-0.15, -0.1) is 11.3 Å². The second kappa shape index (κ2) is 9.85. The highest BCUT2D eigenvalue weighted by Gasteiger charge is 2.21. The number of anilines is 3. The Labute approximate surface area is 195 Å². The Morgan fingerprint density at radius 2 is 1.79 bits per heavy atom. The number of rotatable bonds is 6. The quantitative estimate of drug-likeness (QED) is 0.420. The Kier molecular flexibility index (Phi) is 6.71. The molecule has 0 unspecified atom stereocenters. The van der Waals surface area contributed by atoms with Crippen LogP contribution in [0.15, 0.2) is 54.6 Å². The van der Waals surface area contributed by atoms with Crippen LogP contribution < -0.4 is 21.3 Å². The molecule has 4 rings (SSSR count). The van der Waals surface area contributed by atoms with Gasteiger partial charge >= 0.3 is 0 Å². The van der Waals surface area contributed by atoms with Crippen LogP contribution in [0.2, 0.25) is 0 Å². The Morgan fingerprint density at radius 1 is 1.06 bits per heavy atom. The molecule has 3 aromatic rings. The molecule has 0 atom stereocenters. The average molecular weight is 464 g/mol. The topological polar surface area (TPSA) is 103 Å². The van der Waals surface area contributed by atoms with E-state index in [1.54, 1.807) is 42.5 Å². The largest absolute Gasteiger partial charge is 0.381 e. The molecule has 1 aliphatic heterocycles. The summed E-state index contributed by atoms with van der Waals surface area (Å²) in [6.07, 6.45) is 3.24. The van der Waals surface area contributed by atoms with Gasteiger partial charge in [0.15, 0.2) is 0 Å². The zero-order valence-corrected chi connectivity index (χ0v) is 19.2. The van der Waals surface area contributed by atoms with E-state index < -0.39 is 0 Å². The average Bonchev–Trinajstić information content (AvgIpc) is 3.05. The van der Waals surface area contributed by atoms with Crippen molar-refractivity contribution in [1.82, 2.24) is 10.2 Å². The molecule has 0 fully saturated rings. The SMILES string of the molecule is CN(C)C/C=C/C(=O)Nc1ccccc1NC(=O)c1ccc2sc3c(c2c1)NCCNC3=O. The monoisotopic (exact) mass is 463 g/mol. The summed E-state index contributed by atoms with van der Waals surface area (Å²) in [5.41, 5.74) is 2.23.